The van der Waals surface area contributed by atoms with Gasteiger partial charge in [-0.1, -0.05) is 24.6 Å². The Hall–Kier alpha value is -2.53. The van der Waals surface area contributed by atoms with Crippen molar-refractivity contribution in [3.63, 3.8) is 0 Å². The number of carbonyl (C=O) groups excluding carboxylic acids is 2. The van der Waals surface area contributed by atoms with Gasteiger partial charge in [0.1, 0.15) is 0 Å². The number of carbonyl (C=O) groups is 2. The van der Waals surface area contributed by atoms with E-state index in [4.69, 9.17) is 11.6 Å². The first-order chi connectivity index (χ1) is 11.5. The Morgan fingerprint density at radius 1 is 0.958 bits per heavy atom. The molecule has 24 heavy (non-hydrogen) atoms. The van der Waals surface area contributed by atoms with Gasteiger partial charge in [0.2, 0.25) is 11.8 Å². The Morgan fingerprint density at radius 2 is 1.58 bits per heavy atom. The number of halogens is 1. The molecule has 3 N–H and O–H groups in total. The van der Waals surface area contributed by atoms with Gasteiger partial charge in [-0.25, -0.2) is 0 Å². The van der Waals surface area contributed by atoms with E-state index < -0.39 is 0 Å². The van der Waals surface area contributed by atoms with Gasteiger partial charge >= 0.3 is 0 Å². The van der Waals surface area contributed by atoms with Crippen molar-refractivity contribution in [2.45, 2.75) is 20.3 Å². The van der Waals surface area contributed by atoms with Crippen LogP contribution in [0.4, 0.5) is 17.1 Å². The lowest BCUT2D eigenvalue weighted by atomic mass is 10.1. The molecule has 5 nitrogen and oxygen atoms in total. The Bertz CT molecular complexity index is 730. The van der Waals surface area contributed by atoms with Crippen molar-refractivity contribution in [3.05, 3.63) is 53.1 Å². The molecule has 2 amide bonds. The van der Waals surface area contributed by atoms with E-state index in [1.54, 1.807) is 31.2 Å². The third kappa shape index (κ3) is 5.28. The SMILES string of the molecule is CCC(=O)Nc1ccc(C)c(NCC(=O)Nc2ccc(Cl)cc2)c1. The molecule has 0 atom stereocenters. The fourth-order valence-corrected chi connectivity index (χ4v) is 2.18. The average Bonchev–Trinajstić information content (AvgIpc) is 2.57. The number of aryl methyl sites for hydroxylation is 1. The molecule has 0 aromatic heterocycles. The molecule has 0 saturated heterocycles. The van der Waals surface area contributed by atoms with E-state index in [1.165, 1.54) is 0 Å². The zero-order chi connectivity index (χ0) is 17.5. The minimum Gasteiger partial charge on any atom is -0.376 e. The maximum Gasteiger partial charge on any atom is 0.243 e. The van der Waals surface area contributed by atoms with Crippen molar-refractivity contribution in [3.8, 4) is 0 Å². The van der Waals surface area contributed by atoms with Crippen LogP contribution >= 0.6 is 11.6 Å². The van der Waals surface area contributed by atoms with Gasteiger partial charge in [-0.05, 0) is 48.9 Å². The largest absolute Gasteiger partial charge is 0.376 e. The molecule has 2 rings (SSSR count). The van der Waals surface area contributed by atoms with Crippen LogP contribution in [0.1, 0.15) is 18.9 Å². The number of nitrogens with one attached hydrogen (secondary N) is 3. The molecule has 0 spiro atoms. The molecule has 2 aromatic carbocycles. The number of hydrogen-bond donors (Lipinski definition) is 3. The smallest absolute Gasteiger partial charge is 0.243 e. The first-order valence-corrected chi connectivity index (χ1v) is 8.05. The summed E-state index contributed by atoms with van der Waals surface area (Å²) in [4.78, 5) is 23.5. The summed E-state index contributed by atoms with van der Waals surface area (Å²) in [6.07, 6.45) is 0.417. The summed E-state index contributed by atoms with van der Waals surface area (Å²) in [5, 5.41) is 9.29. The standard InChI is InChI=1S/C18H20ClN3O2/c1-3-17(23)22-15-7-4-12(2)16(10-15)20-11-18(24)21-14-8-5-13(19)6-9-14/h4-10,20H,3,11H2,1-2H3,(H,21,24)(H,22,23). The molecule has 6 heteroatoms. The minimum atomic E-state index is -0.167. The molecule has 0 aliphatic rings. The maximum atomic E-state index is 12.0. The van der Waals surface area contributed by atoms with Gasteiger partial charge in [0.25, 0.3) is 0 Å². The summed E-state index contributed by atoms with van der Waals surface area (Å²) < 4.78 is 0. The average molecular weight is 346 g/mol. The van der Waals surface area contributed by atoms with Crippen LogP contribution in [0.3, 0.4) is 0 Å². The molecule has 2 aromatic rings. The second kappa shape index (κ2) is 8.36. The third-order valence-electron chi connectivity index (χ3n) is 3.41. The van der Waals surface area contributed by atoms with Crippen LogP contribution in [0.25, 0.3) is 0 Å². The lowest BCUT2D eigenvalue weighted by Crippen LogP contribution is -2.22. The summed E-state index contributed by atoms with van der Waals surface area (Å²) in [6, 6.07) is 12.5. The van der Waals surface area contributed by atoms with Gasteiger partial charge in [-0.3, -0.25) is 9.59 Å². The van der Waals surface area contributed by atoms with E-state index in [1.807, 2.05) is 25.1 Å². The number of hydrogen-bond acceptors (Lipinski definition) is 3. The van der Waals surface area contributed by atoms with Gasteiger partial charge in [-0.15, -0.1) is 0 Å². The molecule has 0 radical (unpaired) electrons. The number of rotatable bonds is 6. The lowest BCUT2D eigenvalue weighted by Gasteiger charge is -2.12. The van der Waals surface area contributed by atoms with Crippen molar-refractivity contribution < 1.29 is 9.59 Å². The highest BCUT2D eigenvalue weighted by molar-refractivity contribution is 6.30. The fourth-order valence-electron chi connectivity index (χ4n) is 2.05. The summed E-state index contributed by atoms with van der Waals surface area (Å²) in [6.45, 7) is 3.85. The number of benzene rings is 2. The predicted octanol–water partition coefficient (Wildman–Crippen LogP) is 4.05. The van der Waals surface area contributed by atoms with Crippen LogP contribution < -0.4 is 16.0 Å². The Balaban J connectivity index is 1.95. The van der Waals surface area contributed by atoms with Crippen LogP contribution in [0, 0.1) is 6.92 Å². The first kappa shape index (κ1) is 17.8. The monoisotopic (exact) mass is 345 g/mol. The molecular formula is C18H20ClN3O2. The lowest BCUT2D eigenvalue weighted by molar-refractivity contribution is -0.116. The summed E-state index contributed by atoms with van der Waals surface area (Å²) in [5.74, 6) is -0.218. The van der Waals surface area contributed by atoms with E-state index >= 15 is 0 Å². The highest BCUT2D eigenvalue weighted by atomic mass is 35.5. The maximum absolute atomic E-state index is 12.0. The Morgan fingerprint density at radius 3 is 2.25 bits per heavy atom. The first-order valence-electron chi connectivity index (χ1n) is 7.67. The van der Waals surface area contributed by atoms with Crippen molar-refractivity contribution in [2.24, 2.45) is 0 Å². The Labute approximate surface area is 146 Å². The van der Waals surface area contributed by atoms with Crippen molar-refractivity contribution >= 4 is 40.5 Å². The second-order valence-corrected chi connectivity index (χ2v) is 5.78. The second-order valence-electron chi connectivity index (χ2n) is 5.34. The van der Waals surface area contributed by atoms with Crippen LogP contribution in [0.15, 0.2) is 42.5 Å². The quantitative estimate of drug-likeness (QED) is 0.739. The summed E-state index contributed by atoms with van der Waals surface area (Å²) in [7, 11) is 0. The van der Waals surface area contributed by atoms with E-state index in [2.05, 4.69) is 16.0 Å². The van der Waals surface area contributed by atoms with E-state index in [0.29, 0.717) is 22.8 Å². The van der Waals surface area contributed by atoms with Crippen LogP contribution in [-0.2, 0) is 9.59 Å². The van der Waals surface area contributed by atoms with Gasteiger partial charge in [0.05, 0.1) is 6.54 Å². The predicted molar refractivity (Wildman–Crippen MR) is 98.7 cm³/mol. The molecular weight excluding hydrogens is 326 g/mol. The van der Waals surface area contributed by atoms with Crippen molar-refractivity contribution in [1.82, 2.24) is 0 Å². The van der Waals surface area contributed by atoms with Gasteiger partial charge in [-0.2, -0.15) is 0 Å². The molecule has 0 fully saturated rings. The normalized spacial score (nSPS) is 10.1. The number of amides is 2. The van der Waals surface area contributed by atoms with E-state index in [-0.39, 0.29) is 18.4 Å². The molecule has 0 aliphatic heterocycles. The molecule has 0 heterocycles. The van der Waals surface area contributed by atoms with Gasteiger partial charge in [0, 0.05) is 28.5 Å². The zero-order valence-corrected chi connectivity index (χ0v) is 14.4. The number of anilines is 3. The van der Waals surface area contributed by atoms with Crippen molar-refractivity contribution in [2.75, 3.05) is 22.5 Å². The van der Waals surface area contributed by atoms with Crippen LogP contribution in [0.5, 0.6) is 0 Å². The molecule has 126 valence electrons. The van der Waals surface area contributed by atoms with E-state index in [0.717, 1.165) is 11.3 Å². The highest BCUT2D eigenvalue weighted by Crippen LogP contribution is 2.20. The van der Waals surface area contributed by atoms with Crippen molar-refractivity contribution in [1.29, 1.82) is 0 Å². The third-order valence-corrected chi connectivity index (χ3v) is 3.66. The Kier molecular flexibility index (Phi) is 6.21. The topological polar surface area (TPSA) is 70.2 Å². The van der Waals surface area contributed by atoms with Gasteiger partial charge < -0.3 is 16.0 Å². The molecule has 0 bridgehead atoms. The summed E-state index contributed by atoms with van der Waals surface area (Å²) >= 11 is 5.81. The molecule has 0 unspecified atom stereocenters. The molecule has 0 aliphatic carbocycles. The van der Waals surface area contributed by atoms with E-state index in [9.17, 15) is 9.59 Å². The minimum absolute atomic E-state index is 0.0507. The highest BCUT2D eigenvalue weighted by Gasteiger charge is 2.06. The fraction of sp³-hybridized carbons (Fsp3) is 0.222. The summed E-state index contributed by atoms with van der Waals surface area (Å²) in [5.41, 5.74) is 3.18. The van der Waals surface area contributed by atoms with Crippen LogP contribution in [-0.4, -0.2) is 18.4 Å². The van der Waals surface area contributed by atoms with Crippen LogP contribution in [0.2, 0.25) is 5.02 Å². The van der Waals surface area contributed by atoms with Gasteiger partial charge in [0.15, 0.2) is 0 Å². The molecule has 0 saturated carbocycles. The zero-order valence-electron chi connectivity index (χ0n) is 13.7.